The van der Waals surface area contributed by atoms with Crippen LogP contribution in [0.1, 0.15) is 35.2 Å². The molecule has 0 saturated heterocycles. The molecule has 2 nitrogen and oxygen atoms in total. The highest BCUT2D eigenvalue weighted by Crippen LogP contribution is 2.29. The summed E-state index contributed by atoms with van der Waals surface area (Å²) in [7, 11) is 0. The van der Waals surface area contributed by atoms with Crippen LogP contribution >= 0.6 is 0 Å². The molecule has 1 atom stereocenters. The fraction of sp³-hybridized carbons (Fsp3) is 0.304. The molecule has 1 saturated carbocycles. The monoisotopic (exact) mass is 403 g/mol. The van der Waals surface area contributed by atoms with Crippen molar-refractivity contribution >= 4 is 0 Å². The Hall–Kier alpha value is -2.60. The lowest BCUT2D eigenvalue weighted by molar-refractivity contribution is -0.938. The highest BCUT2D eigenvalue weighted by atomic mass is 19.4. The first-order valence-electron chi connectivity index (χ1n) is 9.77. The zero-order valence-electron chi connectivity index (χ0n) is 15.9. The van der Waals surface area contributed by atoms with Crippen LogP contribution in [0.25, 0.3) is 0 Å². The summed E-state index contributed by atoms with van der Waals surface area (Å²) in [4.78, 5) is 1.36. The molecule has 152 valence electrons. The van der Waals surface area contributed by atoms with E-state index in [4.69, 9.17) is 0 Å². The van der Waals surface area contributed by atoms with Crippen molar-refractivity contribution < 1.29 is 22.5 Å². The average molecular weight is 403 g/mol. The van der Waals surface area contributed by atoms with Crippen LogP contribution in [0.5, 0.6) is 0 Å². The molecule has 1 unspecified atom stereocenters. The summed E-state index contributed by atoms with van der Waals surface area (Å²) >= 11 is 0. The van der Waals surface area contributed by atoms with Gasteiger partial charge in [0.25, 0.3) is 0 Å². The Labute approximate surface area is 167 Å². The molecule has 0 amide bonds. The average Bonchev–Trinajstić information content (AvgIpc) is 3.43. The van der Waals surface area contributed by atoms with Crippen LogP contribution in [0, 0.1) is 5.82 Å². The fourth-order valence-corrected chi connectivity index (χ4v) is 3.79. The van der Waals surface area contributed by atoms with E-state index in [1.807, 2.05) is 29.0 Å². The van der Waals surface area contributed by atoms with Gasteiger partial charge in [0.1, 0.15) is 18.9 Å². The standard InChI is InChI=1S/C23H22F4N2/c24-20-7-2-5-18(13-20)15-29(21-9-10-21)16-22-8-3-11-28(22)14-17-4-1-6-19(12-17)23(25,26)27/h1-8,11-13,21H,9-10,14-16H2/p+1. The molecule has 1 aromatic heterocycles. The Morgan fingerprint density at radius 2 is 1.66 bits per heavy atom. The number of hydrogen-bond donors (Lipinski definition) is 1. The minimum absolute atomic E-state index is 0.231. The van der Waals surface area contributed by atoms with E-state index in [0.717, 1.165) is 43.3 Å². The minimum Gasteiger partial charge on any atom is -0.342 e. The van der Waals surface area contributed by atoms with E-state index >= 15 is 0 Å². The molecular formula is C23H23F4N2+. The summed E-state index contributed by atoms with van der Waals surface area (Å²) < 4.78 is 54.5. The Bertz CT molecular complexity index is 973. The van der Waals surface area contributed by atoms with E-state index in [1.54, 1.807) is 18.2 Å². The molecule has 1 fully saturated rings. The summed E-state index contributed by atoms with van der Waals surface area (Å²) in [5.41, 5.74) is 2.03. The van der Waals surface area contributed by atoms with Gasteiger partial charge in [0, 0.05) is 31.1 Å². The first kappa shape index (κ1) is 19.7. The Morgan fingerprint density at radius 3 is 2.38 bits per heavy atom. The molecule has 1 aliphatic carbocycles. The summed E-state index contributed by atoms with van der Waals surface area (Å²) in [6, 6.07) is 16.7. The summed E-state index contributed by atoms with van der Waals surface area (Å²) in [5.74, 6) is -0.231. The number of nitrogens with zero attached hydrogens (tertiary/aromatic N) is 1. The van der Waals surface area contributed by atoms with Gasteiger partial charge in [-0.25, -0.2) is 4.39 Å². The first-order chi connectivity index (χ1) is 13.9. The van der Waals surface area contributed by atoms with Gasteiger partial charge in [0.05, 0.1) is 17.3 Å². The van der Waals surface area contributed by atoms with E-state index < -0.39 is 11.7 Å². The number of hydrogen-bond acceptors (Lipinski definition) is 0. The van der Waals surface area contributed by atoms with Gasteiger partial charge < -0.3 is 9.47 Å². The molecule has 4 rings (SSSR count). The van der Waals surface area contributed by atoms with E-state index in [2.05, 4.69) is 0 Å². The summed E-state index contributed by atoms with van der Waals surface area (Å²) in [5, 5.41) is 0. The van der Waals surface area contributed by atoms with E-state index in [9.17, 15) is 17.6 Å². The van der Waals surface area contributed by atoms with Crippen LogP contribution in [0.15, 0.2) is 66.9 Å². The van der Waals surface area contributed by atoms with Crippen LogP contribution in [0.3, 0.4) is 0 Å². The lowest BCUT2D eigenvalue weighted by Crippen LogP contribution is -3.10. The van der Waals surface area contributed by atoms with Gasteiger partial charge in [-0.15, -0.1) is 0 Å². The van der Waals surface area contributed by atoms with Crippen LogP contribution in [-0.4, -0.2) is 10.6 Å². The number of halogens is 4. The third-order valence-corrected chi connectivity index (χ3v) is 5.41. The van der Waals surface area contributed by atoms with Crippen LogP contribution < -0.4 is 4.90 Å². The molecule has 0 radical (unpaired) electrons. The SMILES string of the molecule is Fc1cccc(C[NH+](Cc2cccn2Cc2cccc(C(F)(F)F)c2)C2CC2)c1. The lowest BCUT2D eigenvalue weighted by atomic mass is 10.1. The van der Waals surface area contributed by atoms with Crippen molar-refractivity contribution in [3.63, 3.8) is 0 Å². The predicted molar refractivity (Wildman–Crippen MR) is 103 cm³/mol. The summed E-state index contributed by atoms with van der Waals surface area (Å²) in [6.07, 6.45) is -0.131. The van der Waals surface area contributed by atoms with Gasteiger partial charge in [-0.3, -0.25) is 0 Å². The van der Waals surface area contributed by atoms with Gasteiger partial charge >= 0.3 is 6.18 Å². The third kappa shape index (κ3) is 5.07. The number of aromatic nitrogens is 1. The Kier molecular flexibility index (Phi) is 5.46. The van der Waals surface area contributed by atoms with E-state index in [-0.39, 0.29) is 5.82 Å². The molecule has 1 N–H and O–H groups in total. The Balaban J connectivity index is 1.50. The van der Waals surface area contributed by atoms with Crippen LogP contribution in [0.2, 0.25) is 0 Å². The highest BCUT2D eigenvalue weighted by Gasteiger charge is 2.34. The smallest absolute Gasteiger partial charge is 0.342 e. The molecule has 29 heavy (non-hydrogen) atoms. The lowest BCUT2D eigenvalue weighted by Gasteiger charge is -2.21. The highest BCUT2D eigenvalue weighted by molar-refractivity contribution is 5.26. The molecule has 2 aromatic carbocycles. The third-order valence-electron chi connectivity index (χ3n) is 5.41. The Morgan fingerprint density at radius 1 is 0.897 bits per heavy atom. The van der Waals surface area contributed by atoms with E-state index in [0.29, 0.717) is 18.2 Å². The molecule has 1 heterocycles. The topological polar surface area (TPSA) is 9.37 Å². The number of quaternary nitrogens is 1. The van der Waals surface area contributed by atoms with Crippen molar-refractivity contribution in [2.24, 2.45) is 0 Å². The zero-order chi connectivity index (χ0) is 20.4. The number of alkyl halides is 3. The van der Waals surface area contributed by atoms with Crippen molar-refractivity contribution in [1.82, 2.24) is 4.57 Å². The second-order valence-corrected chi connectivity index (χ2v) is 7.74. The second-order valence-electron chi connectivity index (χ2n) is 7.74. The maximum absolute atomic E-state index is 13.5. The predicted octanol–water partition coefficient (Wildman–Crippen LogP) is 4.44. The van der Waals surface area contributed by atoms with E-state index in [1.165, 1.54) is 23.1 Å². The van der Waals surface area contributed by atoms with Crippen molar-refractivity contribution in [3.05, 3.63) is 95.1 Å². The molecule has 0 bridgehead atoms. The fourth-order valence-electron chi connectivity index (χ4n) is 3.79. The van der Waals surface area contributed by atoms with Crippen LogP contribution in [-0.2, 0) is 25.8 Å². The maximum atomic E-state index is 13.5. The maximum Gasteiger partial charge on any atom is 0.416 e. The molecule has 1 aliphatic rings. The van der Waals surface area contributed by atoms with Crippen LogP contribution in [0.4, 0.5) is 17.6 Å². The molecule has 0 aliphatic heterocycles. The van der Waals surface area contributed by atoms with Crippen molar-refractivity contribution in [3.8, 4) is 0 Å². The number of benzene rings is 2. The number of rotatable bonds is 7. The van der Waals surface area contributed by atoms with Gasteiger partial charge in [-0.2, -0.15) is 13.2 Å². The summed E-state index contributed by atoms with van der Waals surface area (Å²) in [6.45, 7) is 1.88. The van der Waals surface area contributed by atoms with Crippen molar-refractivity contribution in [1.29, 1.82) is 0 Å². The largest absolute Gasteiger partial charge is 0.416 e. The quantitative estimate of drug-likeness (QED) is 0.559. The molecular weight excluding hydrogens is 380 g/mol. The second kappa shape index (κ2) is 8.03. The number of nitrogens with one attached hydrogen (secondary N) is 1. The molecule has 3 aromatic rings. The van der Waals surface area contributed by atoms with Gasteiger partial charge in [-0.1, -0.05) is 24.3 Å². The van der Waals surface area contributed by atoms with Gasteiger partial charge in [-0.05, 0) is 42.0 Å². The molecule has 6 heteroatoms. The minimum atomic E-state index is -4.34. The zero-order valence-corrected chi connectivity index (χ0v) is 15.9. The van der Waals surface area contributed by atoms with Crippen molar-refractivity contribution in [2.45, 2.75) is 44.7 Å². The van der Waals surface area contributed by atoms with Gasteiger partial charge in [0.15, 0.2) is 0 Å². The normalized spacial score (nSPS) is 15.4. The van der Waals surface area contributed by atoms with Gasteiger partial charge in [0.2, 0.25) is 0 Å². The van der Waals surface area contributed by atoms with Crippen molar-refractivity contribution in [2.75, 3.05) is 0 Å². The first-order valence-corrected chi connectivity index (χ1v) is 9.77. The molecule has 0 spiro atoms.